The standard InChI is InChI=1S/C22H26ClN5O3/c1-25-10-12-27(13-11-25)19-7-5-17(23)15-18(19)24-22(29)16-4-6-20(21(14-16)28(30)31)26-8-2-3-9-26/h4-7,14-15H,2-3,8-13H2,1H3,(H,24,29). The van der Waals surface area contributed by atoms with Crippen LogP contribution < -0.4 is 15.1 Å². The van der Waals surface area contributed by atoms with Gasteiger partial charge in [0, 0.05) is 55.9 Å². The number of piperazine rings is 1. The second-order valence-corrected chi connectivity index (χ2v) is 8.50. The molecule has 0 unspecified atom stereocenters. The number of likely N-dealkylation sites (N-methyl/N-ethyl adjacent to an activating group) is 1. The molecule has 4 rings (SSSR count). The zero-order chi connectivity index (χ0) is 22.0. The average molecular weight is 444 g/mol. The van der Waals surface area contributed by atoms with Crippen molar-refractivity contribution in [1.82, 2.24) is 4.90 Å². The smallest absolute Gasteiger partial charge is 0.293 e. The van der Waals surface area contributed by atoms with Gasteiger partial charge >= 0.3 is 0 Å². The molecular weight excluding hydrogens is 418 g/mol. The Morgan fingerprint density at radius 2 is 1.61 bits per heavy atom. The molecule has 0 saturated carbocycles. The summed E-state index contributed by atoms with van der Waals surface area (Å²) in [6.45, 7) is 5.14. The largest absolute Gasteiger partial charge is 0.367 e. The zero-order valence-corrected chi connectivity index (χ0v) is 18.3. The SMILES string of the molecule is CN1CCN(c2ccc(Cl)cc2NC(=O)c2ccc(N3CCCC3)c([N+](=O)[O-])c2)CC1. The number of nitrogens with zero attached hydrogens (tertiary/aromatic N) is 4. The fraction of sp³-hybridized carbons (Fsp3) is 0.409. The van der Waals surface area contributed by atoms with Crippen molar-refractivity contribution >= 4 is 40.3 Å². The molecule has 1 N–H and O–H groups in total. The molecule has 9 heteroatoms. The maximum atomic E-state index is 13.0. The number of anilines is 3. The molecular formula is C22H26ClN5O3. The van der Waals surface area contributed by atoms with Gasteiger partial charge in [-0.3, -0.25) is 14.9 Å². The van der Waals surface area contributed by atoms with E-state index in [9.17, 15) is 14.9 Å². The van der Waals surface area contributed by atoms with Crippen molar-refractivity contribution < 1.29 is 9.72 Å². The van der Waals surface area contributed by atoms with Gasteiger partial charge in [-0.05, 0) is 50.2 Å². The minimum atomic E-state index is -0.417. The van der Waals surface area contributed by atoms with Crippen molar-refractivity contribution in [3.8, 4) is 0 Å². The van der Waals surface area contributed by atoms with Crippen LogP contribution in [0.2, 0.25) is 5.02 Å². The molecule has 2 fully saturated rings. The van der Waals surface area contributed by atoms with Crippen LogP contribution in [0.25, 0.3) is 0 Å². The summed E-state index contributed by atoms with van der Waals surface area (Å²) >= 11 is 6.20. The molecule has 2 aromatic rings. The summed E-state index contributed by atoms with van der Waals surface area (Å²) in [4.78, 5) is 30.7. The van der Waals surface area contributed by atoms with Crippen molar-refractivity contribution in [2.45, 2.75) is 12.8 Å². The molecule has 8 nitrogen and oxygen atoms in total. The number of carbonyl (C=O) groups is 1. The van der Waals surface area contributed by atoms with Gasteiger partial charge in [0.25, 0.3) is 11.6 Å². The third-order valence-corrected chi connectivity index (χ3v) is 6.17. The Kier molecular flexibility index (Phi) is 6.29. The van der Waals surface area contributed by atoms with E-state index in [1.54, 1.807) is 24.3 Å². The lowest BCUT2D eigenvalue weighted by Gasteiger charge is -2.35. The number of nitro benzene ring substituents is 1. The van der Waals surface area contributed by atoms with Crippen molar-refractivity contribution in [3.05, 3.63) is 57.1 Å². The van der Waals surface area contributed by atoms with Gasteiger partial charge < -0.3 is 20.0 Å². The number of benzene rings is 2. The molecule has 164 valence electrons. The lowest BCUT2D eigenvalue weighted by atomic mass is 10.1. The first-order chi connectivity index (χ1) is 14.9. The molecule has 2 aliphatic rings. The molecule has 2 saturated heterocycles. The molecule has 0 bridgehead atoms. The maximum Gasteiger partial charge on any atom is 0.293 e. The predicted molar refractivity (Wildman–Crippen MR) is 124 cm³/mol. The van der Waals surface area contributed by atoms with Crippen molar-refractivity contribution in [2.75, 3.05) is 61.4 Å². The number of nitrogens with one attached hydrogen (secondary N) is 1. The van der Waals surface area contributed by atoms with E-state index in [0.29, 0.717) is 16.4 Å². The van der Waals surface area contributed by atoms with Gasteiger partial charge in [-0.15, -0.1) is 0 Å². The van der Waals surface area contributed by atoms with E-state index >= 15 is 0 Å². The van der Waals surface area contributed by atoms with Gasteiger partial charge in [-0.2, -0.15) is 0 Å². The average Bonchev–Trinajstić information content (AvgIpc) is 3.29. The second kappa shape index (κ2) is 9.11. The Labute approximate surface area is 186 Å². The van der Waals surface area contributed by atoms with E-state index in [2.05, 4.69) is 22.2 Å². The summed E-state index contributed by atoms with van der Waals surface area (Å²) in [5.74, 6) is -0.395. The fourth-order valence-electron chi connectivity index (χ4n) is 4.16. The molecule has 0 atom stereocenters. The van der Waals surface area contributed by atoms with Crippen LogP contribution >= 0.6 is 11.6 Å². The van der Waals surface area contributed by atoms with E-state index in [1.165, 1.54) is 6.07 Å². The number of nitro groups is 1. The van der Waals surface area contributed by atoms with Crippen LogP contribution in [-0.2, 0) is 0 Å². The van der Waals surface area contributed by atoms with Crippen LogP contribution in [-0.4, -0.2) is 62.0 Å². The summed E-state index contributed by atoms with van der Waals surface area (Å²) in [5.41, 5.74) is 2.28. The highest BCUT2D eigenvalue weighted by atomic mass is 35.5. The van der Waals surface area contributed by atoms with Crippen LogP contribution in [0.3, 0.4) is 0 Å². The maximum absolute atomic E-state index is 13.0. The molecule has 0 spiro atoms. The third kappa shape index (κ3) is 4.75. The number of amides is 1. The highest BCUT2D eigenvalue weighted by molar-refractivity contribution is 6.31. The summed E-state index contributed by atoms with van der Waals surface area (Å²) in [5, 5.41) is 15.1. The molecule has 0 aliphatic carbocycles. The predicted octanol–water partition coefficient (Wildman–Crippen LogP) is 3.85. The molecule has 2 aliphatic heterocycles. The number of halogens is 1. The topological polar surface area (TPSA) is 82.0 Å². The number of rotatable bonds is 5. The van der Waals surface area contributed by atoms with Crippen LogP contribution in [0.1, 0.15) is 23.2 Å². The second-order valence-electron chi connectivity index (χ2n) is 8.06. The molecule has 1 amide bonds. The Hall–Kier alpha value is -2.84. The van der Waals surface area contributed by atoms with Gasteiger partial charge in [0.05, 0.1) is 16.3 Å². The van der Waals surface area contributed by atoms with E-state index < -0.39 is 10.8 Å². The van der Waals surface area contributed by atoms with E-state index in [1.807, 2.05) is 11.0 Å². The zero-order valence-electron chi connectivity index (χ0n) is 17.5. The summed E-state index contributed by atoms with van der Waals surface area (Å²) in [7, 11) is 2.08. The number of hydrogen-bond acceptors (Lipinski definition) is 6. The van der Waals surface area contributed by atoms with Gasteiger partial charge in [-0.25, -0.2) is 0 Å². The lowest BCUT2D eigenvalue weighted by Crippen LogP contribution is -2.44. The summed E-state index contributed by atoms with van der Waals surface area (Å²) in [6.07, 6.45) is 2.03. The Morgan fingerprint density at radius 3 is 2.29 bits per heavy atom. The van der Waals surface area contributed by atoms with Crippen molar-refractivity contribution in [2.24, 2.45) is 0 Å². The molecule has 2 heterocycles. The molecule has 0 radical (unpaired) electrons. The third-order valence-electron chi connectivity index (χ3n) is 5.93. The van der Waals surface area contributed by atoms with Gasteiger partial charge in [0.15, 0.2) is 0 Å². The lowest BCUT2D eigenvalue weighted by molar-refractivity contribution is -0.384. The minimum Gasteiger partial charge on any atom is -0.367 e. The first-order valence-electron chi connectivity index (χ1n) is 10.5. The summed E-state index contributed by atoms with van der Waals surface area (Å²) < 4.78 is 0. The van der Waals surface area contributed by atoms with Gasteiger partial charge in [-0.1, -0.05) is 11.6 Å². The van der Waals surface area contributed by atoms with Gasteiger partial charge in [0.1, 0.15) is 5.69 Å². The van der Waals surface area contributed by atoms with Crippen LogP contribution in [0.15, 0.2) is 36.4 Å². The minimum absolute atomic E-state index is 0.0417. The van der Waals surface area contributed by atoms with Crippen LogP contribution in [0.4, 0.5) is 22.7 Å². The Bertz CT molecular complexity index is 985. The van der Waals surface area contributed by atoms with E-state index in [4.69, 9.17) is 11.6 Å². The van der Waals surface area contributed by atoms with Crippen LogP contribution in [0, 0.1) is 10.1 Å². The van der Waals surface area contributed by atoms with Crippen molar-refractivity contribution in [1.29, 1.82) is 0 Å². The Balaban J connectivity index is 1.59. The summed E-state index contributed by atoms with van der Waals surface area (Å²) in [6, 6.07) is 10.1. The van der Waals surface area contributed by atoms with Crippen LogP contribution in [0.5, 0.6) is 0 Å². The molecule has 2 aromatic carbocycles. The number of carbonyl (C=O) groups excluding carboxylic acids is 1. The monoisotopic (exact) mass is 443 g/mol. The first kappa shape index (κ1) is 21.4. The first-order valence-corrected chi connectivity index (χ1v) is 10.9. The normalized spacial score (nSPS) is 17.1. The highest BCUT2D eigenvalue weighted by Crippen LogP contribution is 2.33. The Morgan fingerprint density at radius 1 is 0.968 bits per heavy atom. The van der Waals surface area contributed by atoms with E-state index in [0.717, 1.165) is 57.8 Å². The quantitative estimate of drug-likeness (QED) is 0.558. The molecule has 31 heavy (non-hydrogen) atoms. The fourth-order valence-corrected chi connectivity index (χ4v) is 4.33. The highest BCUT2D eigenvalue weighted by Gasteiger charge is 2.25. The van der Waals surface area contributed by atoms with Gasteiger partial charge in [0.2, 0.25) is 0 Å². The van der Waals surface area contributed by atoms with E-state index in [-0.39, 0.29) is 11.3 Å². The number of hydrogen-bond donors (Lipinski definition) is 1. The molecule has 0 aromatic heterocycles. The van der Waals surface area contributed by atoms with Crippen molar-refractivity contribution in [3.63, 3.8) is 0 Å².